The molecule has 0 saturated carbocycles. The van der Waals surface area contributed by atoms with Crippen molar-refractivity contribution < 1.29 is 14.5 Å². The summed E-state index contributed by atoms with van der Waals surface area (Å²) in [7, 11) is 0. The summed E-state index contributed by atoms with van der Waals surface area (Å²) < 4.78 is 12.9. The van der Waals surface area contributed by atoms with Gasteiger partial charge in [-0.2, -0.15) is 0 Å². The predicted molar refractivity (Wildman–Crippen MR) is 85.9 cm³/mol. The molecule has 0 aromatic heterocycles. The van der Waals surface area contributed by atoms with Crippen molar-refractivity contribution in [3.8, 4) is 0 Å². The van der Waals surface area contributed by atoms with E-state index in [0.29, 0.717) is 5.69 Å². The number of hydrogen-bond acceptors (Lipinski definition) is 1. The van der Waals surface area contributed by atoms with E-state index in [0.717, 1.165) is 24.9 Å². The number of rotatable bonds is 7. The summed E-state index contributed by atoms with van der Waals surface area (Å²) in [5.74, 6) is -0.402. The zero-order valence-electron chi connectivity index (χ0n) is 12.8. The minimum atomic E-state index is -0.313. The Morgan fingerprint density at radius 2 is 1.82 bits per heavy atom. The third-order valence-corrected chi connectivity index (χ3v) is 3.51. The molecular formula is C18H22FN2O+. The molecule has 0 heterocycles. The van der Waals surface area contributed by atoms with E-state index in [4.69, 9.17) is 0 Å². The summed E-state index contributed by atoms with van der Waals surface area (Å²) in [5.41, 5.74) is 1.58. The van der Waals surface area contributed by atoms with E-state index in [1.54, 1.807) is 12.1 Å². The molecule has 3 nitrogen and oxygen atoms in total. The molecule has 0 fully saturated rings. The lowest BCUT2D eigenvalue weighted by Crippen LogP contribution is -2.87. The Kier molecular flexibility index (Phi) is 6.10. The molecule has 4 heteroatoms. The fourth-order valence-electron chi connectivity index (χ4n) is 2.30. The highest BCUT2D eigenvalue weighted by Gasteiger charge is 2.23. The molecule has 0 aliphatic carbocycles. The SMILES string of the molecule is CCCC[NH2+][C@H](C(=O)Nc1ccc(F)cc1)c1ccccc1. The third kappa shape index (κ3) is 4.67. The van der Waals surface area contributed by atoms with Crippen LogP contribution in [0.2, 0.25) is 0 Å². The van der Waals surface area contributed by atoms with Crippen LogP contribution >= 0.6 is 0 Å². The smallest absolute Gasteiger partial charge is 0.287 e. The van der Waals surface area contributed by atoms with Gasteiger partial charge in [0, 0.05) is 11.3 Å². The minimum Gasteiger partial charge on any atom is -0.332 e. The van der Waals surface area contributed by atoms with Gasteiger partial charge in [-0.25, -0.2) is 4.39 Å². The van der Waals surface area contributed by atoms with Crippen LogP contribution in [0.15, 0.2) is 54.6 Å². The second kappa shape index (κ2) is 8.29. The lowest BCUT2D eigenvalue weighted by molar-refractivity contribution is -0.682. The maximum atomic E-state index is 12.9. The predicted octanol–water partition coefficient (Wildman–Crippen LogP) is 2.87. The van der Waals surface area contributed by atoms with Gasteiger partial charge in [0.15, 0.2) is 6.04 Å². The van der Waals surface area contributed by atoms with Crippen LogP contribution in [-0.2, 0) is 4.79 Å². The Hall–Kier alpha value is -2.20. The first-order valence-corrected chi connectivity index (χ1v) is 7.65. The summed E-state index contributed by atoms with van der Waals surface area (Å²) >= 11 is 0. The number of anilines is 1. The maximum absolute atomic E-state index is 12.9. The van der Waals surface area contributed by atoms with Gasteiger partial charge in [-0.15, -0.1) is 0 Å². The summed E-state index contributed by atoms with van der Waals surface area (Å²) in [6.45, 7) is 3.02. The quantitative estimate of drug-likeness (QED) is 0.759. The molecule has 0 spiro atoms. The van der Waals surface area contributed by atoms with E-state index in [1.165, 1.54) is 12.1 Å². The zero-order valence-corrected chi connectivity index (χ0v) is 12.8. The molecule has 1 amide bonds. The number of quaternary nitrogens is 1. The van der Waals surface area contributed by atoms with Gasteiger partial charge in [0.2, 0.25) is 0 Å². The van der Waals surface area contributed by atoms with Crippen molar-refractivity contribution in [3.63, 3.8) is 0 Å². The molecule has 0 radical (unpaired) electrons. The second-order valence-corrected chi connectivity index (χ2v) is 5.26. The molecule has 2 aromatic rings. The summed E-state index contributed by atoms with van der Waals surface area (Å²) in [4.78, 5) is 12.6. The number of hydrogen-bond donors (Lipinski definition) is 2. The number of nitrogens with two attached hydrogens (primary N) is 1. The molecule has 1 atom stereocenters. The van der Waals surface area contributed by atoms with Crippen LogP contribution in [0.1, 0.15) is 31.4 Å². The average Bonchev–Trinajstić information content (AvgIpc) is 2.54. The largest absolute Gasteiger partial charge is 0.332 e. The van der Waals surface area contributed by atoms with Crippen LogP contribution in [0.4, 0.5) is 10.1 Å². The second-order valence-electron chi connectivity index (χ2n) is 5.26. The maximum Gasteiger partial charge on any atom is 0.287 e. The van der Waals surface area contributed by atoms with Crippen LogP contribution in [0, 0.1) is 5.82 Å². The summed E-state index contributed by atoms with van der Waals surface area (Å²) in [6, 6.07) is 15.2. The number of carbonyl (C=O) groups excluding carboxylic acids is 1. The highest BCUT2D eigenvalue weighted by Crippen LogP contribution is 2.13. The summed E-state index contributed by atoms with van der Waals surface area (Å²) in [5, 5.41) is 4.91. The topological polar surface area (TPSA) is 45.7 Å². The first-order chi connectivity index (χ1) is 10.7. The number of nitrogens with one attached hydrogen (secondary N) is 1. The van der Waals surface area contributed by atoms with Crippen molar-refractivity contribution in [1.29, 1.82) is 0 Å². The van der Waals surface area contributed by atoms with Crippen LogP contribution in [-0.4, -0.2) is 12.5 Å². The fourth-order valence-corrected chi connectivity index (χ4v) is 2.30. The van der Waals surface area contributed by atoms with E-state index < -0.39 is 0 Å². The van der Waals surface area contributed by atoms with Gasteiger partial charge in [-0.1, -0.05) is 43.7 Å². The van der Waals surface area contributed by atoms with Crippen molar-refractivity contribution >= 4 is 11.6 Å². The first kappa shape index (κ1) is 16.2. The first-order valence-electron chi connectivity index (χ1n) is 7.65. The molecule has 22 heavy (non-hydrogen) atoms. The van der Waals surface area contributed by atoms with Crippen LogP contribution < -0.4 is 10.6 Å². The zero-order chi connectivity index (χ0) is 15.8. The lowest BCUT2D eigenvalue weighted by atomic mass is 10.1. The Balaban J connectivity index is 2.09. The Labute approximate surface area is 130 Å². The van der Waals surface area contributed by atoms with Gasteiger partial charge in [-0.05, 0) is 30.7 Å². The highest BCUT2D eigenvalue weighted by atomic mass is 19.1. The molecule has 116 valence electrons. The molecule has 0 aliphatic heterocycles. The average molecular weight is 301 g/mol. The number of benzene rings is 2. The van der Waals surface area contributed by atoms with E-state index in [9.17, 15) is 9.18 Å². The van der Waals surface area contributed by atoms with Crippen LogP contribution in [0.25, 0.3) is 0 Å². The molecule has 0 unspecified atom stereocenters. The molecule has 3 N–H and O–H groups in total. The van der Waals surface area contributed by atoms with Crippen molar-refractivity contribution in [2.24, 2.45) is 0 Å². The van der Waals surface area contributed by atoms with Crippen molar-refractivity contribution in [1.82, 2.24) is 0 Å². The van der Waals surface area contributed by atoms with Gasteiger partial charge in [0.25, 0.3) is 5.91 Å². The highest BCUT2D eigenvalue weighted by molar-refractivity contribution is 5.94. The molecule has 2 aromatic carbocycles. The van der Waals surface area contributed by atoms with Gasteiger partial charge in [-0.3, -0.25) is 4.79 Å². The molecule has 2 rings (SSSR count). The van der Waals surface area contributed by atoms with Crippen molar-refractivity contribution in [2.45, 2.75) is 25.8 Å². The number of halogens is 1. The van der Waals surface area contributed by atoms with Crippen LogP contribution in [0.3, 0.4) is 0 Å². The lowest BCUT2D eigenvalue weighted by Gasteiger charge is -2.16. The number of unbranched alkanes of at least 4 members (excludes halogenated alkanes) is 1. The van der Waals surface area contributed by atoms with Gasteiger partial charge >= 0.3 is 0 Å². The van der Waals surface area contributed by atoms with E-state index in [1.807, 2.05) is 30.3 Å². The molecular weight excluding hydrogens is 279 g/mol. The van der Waals surface area contributed by atoms with Crippen LogP contribution in [0.5, 0.6) is 0 Å². The Morgan fingerprint density at radius 3 is 2.45 bits per heavy atom. The molecule has 0 aliphatic rings. The van der Waals surface area contributed by atoms with Gasteiger partial charge < -0.3 is 10.6 Å². The summed E-state index contributed by atoms with van der Waals surface area (Å²) in [6.07, 6.45) is 2.16. The fraction of sp³-hybridized carbons (Fsp3) is 0.278. The standard InChI is InChI=1S/C18H21FN2O/c1-2-3-13-20-17(14-7-5-4-6-8-14)18(22)21-16-11-9-15(19)10-12-16/h4-12,17,20H,2-3,13H2,1H3,(H,21,22)/p+1/t17-/m0/s1. The minimum absolute atomic E-state index is 0.0890. The Morgan fingerprint density at radius 1 is 1.14 bits per heavy atom. The third-order valence-electron chi connectivity index (χ3n) is 3.51. The van der Waals surface area contributed by atoms with E-state index in [-0.39, 0.29) is 17.8 Å². The molecule has 0 saturated heterocycles. The van der Waals surface area contributed by atoms with Gasteiger partial charge in [0.05, 0.1) is 6.54 Å². The van der Waals surface area contributed by atoms with Gasteiger partial charge in [0.1, 0.15) is 5.82 Å². The molecule has 0 bridgehead atoms. The van der Waals surface area contributed by atoms with Crippen molar-refractivity contribution in [2.75, 3.05) is 11.9 Å². The van der Waals surface area contributed by atoms with E-state index >= 15 is 0 Å². The van der Waals surface area contributed by atoms with Crippen molar-refractivity contribution in [3.05, 3.63) is 66.0 Å². The number of amides is 1. The Bertz CT molecular complexity index is 584. The van der Waals surface area contributed by atoms with E-state index in [2.05, 4.69) is 17.6 Å². The normalized spacial score (nSPS) is 11.9. The monoisotopic (exact) mass is 301 g/mol. The number of carbonyl (C=O) groups is 1.